The lowest BCUT2D eigenvalue weighted by Crippen LogP contribution is -2.36. The number of hydrogen-bond acceptors (Lipinski definition) is 3. The van der Waals surface area contributed by atoms with Crippen LogP contribution in [0.4, 0.5) is 0 Å². The van der Waals surface area contributed by atoms with Gasteiger partial charge >= 0.3 is 7.32 Å². The van der Waals surface area contributed by atoms with Gasteiger partial charge in [-0.2, -0.15) is 0 Å². The molecule has 0 spiro atoms. The molecule has 0 amide bonds. The van der Waals surface area contributed by atoms with Gasteiger partial charge in [-0.15, -0.1) is 0 Å². The molecule has 0 fully saturated rings. The standard InChI is InChI=1S/C38H25BO3/c1-4-14-26(15-5-1)33-24-28-18-10-12-22-31(28)37-35(33)36-34(27-16-6-2-7-17-27)25-29-19-11-13-23-32(29)38(36)42-39(41-37)40-30-20-8-3-9-21-30/h1-25H. The summed E-state index contributed by atoms with van der Waals surface area (Å²) in [7, 11) is -1.02. The molecule has 0 radical (unpaired) electrons. The lowest BCUT2D eigenvalue weighted by atomic mass is 9.84. The Kier molecular flexibility index (Phi) is 5.89. The van der Waals surface area contributed by atoms with Gasteiger partial charge in [-0.1, -0.05) is 127 Å². The lowest BCUT2D eigenvalue weighted by molar-refractivity contribution is 0.315. The molecule has 7 aromatic rings. The molecule has 4 heteroatoms. The molecule has 3 nitrogen and oxygen atoms in total. The molecule has 0 saturated carbocycles. The number of fused-ring (bicyclic) bond motifs is 7. The van der Waals surface area contributed by atoms with Crippen LogP contribution in [0.25, 0.3) is 54.9 Å². The van der Waals surface area contributed by atoms with Crippen LogP contribution >= 0.6 is 0 Å². The third-order valence-corrected chi connectivity index (χ3v) is 7.83. The van der Waals surface area contributed by atoms with Crippen molar-refractivity contribution in [2.45, 2.75) is 0 Å². The van der Waals surface area contributed by atoms with E-state index in [1.807, 2.05) is 54.6 Å². The SMILES string of the molecule is c1ccc(OB2Oc3c(c(-c4ccccc4)cc4ccccc34)-c3c(-c4ccccc4)cc4ccccc4c3O2)cc1. The Morgan fingerprint density at radius 1 is 0.429 bits per heavy atom. The van der Waals surface area contributed by atoms with Gasteiger partial charge in [0.1, 0.15) is 17.2 Å². The van der Waals surface area contributed by atoms with Crippen LogP contribution in [-0.2, 0) is 0 Å². The molecule has 8 rings (SSSR count). The van der Waals surface area contributed by atoms with Crippen molar-refractivity contribution >= 4 is 28.9 Å². The smallest absolute Gasteiger partial charge is 0.490 e. The third-order valence-electron chi connectivity index (χ3n) is 7.83. The number of hydrogen-bond donors (Lipinski definition) is 0. The molecule has 1 heterocycles. The fraction of sp³-hybridized carbons (Fsp3) is 0. The summed E-state index contributed by atoms with van der Waals surface area (Å²) in [5, 5.41) is 4.16. The summed E-state index contributed by atoms with van der Waals surface area (Å²) in [6, 6.07) is 51.9. The normalized spacial score (nSPS) is 12.1. The maximum atomic E-state index is 6.81. The van der Waals surface area contributed by atoms with E-state index in [2.05, 4.69) is 97.1 Å². The van der Waals surface area contributed by atoms with Gasteiger partial charge < -0.3 is 14.0 Å². The average Bonchev–Trinajstić information content (AvgIpc) is 3.23. The van der Waals surface area contributed by atoms with E-state index >= 15 is 0 Å². The van der Waals surface area contributed by atoms with E-state index in [9.17, 15) is 0 Å². The summed E-state index contributed by atoms with van der Waals surface area (Å²) in [5.74, 6) is 2.14. The summed E-state index contributed by atoms with van der Waals surface area (Å²) in [4.78, 5) is 0. The predicted octanol–water partition coefficient (Wildman–Crippen LogP) is 9.83. The van der Waals surface area contributed by atoms with Gasteiger partial charge in [0.05, 0.1) is 0 Å². The highest BCUT2D eigenvalue weighted by Crippen LogP contribution is 2.54. The quantitative estimate of drug-likeness (QED) is 0.208. The van der Waals surface area contributed by atoms with Crippen LogP contribution in [-0.4, -0.2) is 7.32 Å². The molecule has 198 valence electrons. The van der Waals surface area contributed by atoms with Crippen LogP contribution < -0.4 is 14.0 Å². The molecular weight excluding hydrogens is 515 g/mol. The number of rotatable bonds is 4. The van der Waals surface area contributed by atoms with E-state index in [1.165, 1.54) is 0 Å². The van der Waals surface area contributed by atoms with Crippen LogP contribution in [0, 0.1) is 0 Å². The van der Waals surface area contributed by atoms with Crippen molar-refractivity contribution in [3.8, 4) is 50.6 Å². The molecule has 1 aliphatic heterocycles. The van der Waals surface area contributed by atoms with Crippen LogP contribution in [0.1, 0.15) is 0 Å². The Bertz CT molecular complexity index is 1930. The molecule has 0 bridgehead atoms. The Balaban J connectivity index is 1.53. The second-order valence-corrected chi connectivity index (χ2v) is 10.4. The first-order valence-electron chi connectivity index (χ1n) is 14.1. The minimum absolute atomic E-state index is 0.666. The monoisotopic (exact) mass is 540 g/mol. The van der Waals surface area contributed by atoms with Crippen molar-refractivity contribution in [2.24, 2.45) is 0 Å². The van der Waals surface area contributed by atoms with Gasteiger partial charge in [-0.25, -0.2) is 0 Å². The lowest BCUT2D eigenvalue weighted by Gasteiger charge is -2.21. The molecule has 0 aromatic heterocycles. The highest BCUT2D eigenvalue weighted by atomic mass is 16.7. The van der Waals surface area contributed by atoms with E-state index in [4.69, 9.17) is 14.0 Å². The summed E-state index contributed by atoms with van der Waals surface area (Å²) >= 11 is 0. The summed E-state index contributed by atoms with van der Waals surface area (Å²) in [5.41, 5.74) is 6.31. The molecule has 0 saturated heterocycles. The maximum Gasteiger partial charge on any atom is 0.864 e. The Morgan fingerprint density at radius 2 is 0.833 bits per heavy atom. The van der Waals surface area contributed by atoms with E-state index in [0.29, 0.717) is 5.75 Å². The van der Waals surface area contributed by atoms with E-state index in [1.54, 1.807) is 0 Å². The van der Waals surface area contributed by atoms with Crippen molar-refractivity contribution in [2.75, 3.05) is 0 Å². The zero-order valence-corrected chi connectivity index (χ0v) is 22.7. The van der Waals surface area contributed by atoms with Crippen molar-refractivity contribution in [3.63, 3.8) is 0 Å². The summed E-state index contributed by atoms with van der Waals surface area (Å²) < 4.78 is 20.0. The maximum absolute atomic E-state index is 6.81. The van der Waals surface area contributed by atoms with E-state index in [-0.39, 0.29) is 0 Å². The molecule has 0 N–H and O–H groups in total. The van der Waals surface area contributed by atoms with E-state index < -0.39 is 7.32 Å². The average molecular weight is 540 g/mol. The van der Waals surface area contributed by atoms with Crippen LogP contribution in [0.15, 0.2) is 152 Å². The van der Waals surface area contributed by atoms with Crippen molar-refractivity contribution in [1.29, 1.82) is 0 Å². The Labute approximate surface area is 244 Å². The van der Waals surface area contributed by atoms with Gasteiger partial charge in [-0.3, -0.25) is 0 Å². The van der Waals surface area contributed by atoms with Gasteiger partial charge in [0, 0.05) is 21.9 Å². The molecule has 42 heavy (non-hydrogen) atoms. The highest BCUT2D eigenvalue weighted by Gasteiger charge is 2.39. The molecular formula is C38H25BO3. The molecule has 0 unspecified atom stereocenters. The fourth-order valence-corrected chi connectivity index (χ4v) is 5.94. The Morgan fingerprint density at radius 3 is 1.31 bits per heavy atom. The second kappa shape index (κ2) is 10.2. The number of benzene rings is 7. The van der Waals surface area contributed by atoms with Crippen molar-refractivity contribution in [3.05, 3.63) is 152 Å². The topological polar surface area (TPSA) is 27.7 Å². The summed E-state index contributed by atoms with van der Waals surface area (Å²) in [6.07, 6.45) is 0. The fourth-order valence-electron chi connectivity index (χ4n) is 5.94. The second-order valence-electron chi connectivity index (χ2n) is 10.4. The first kappa shape index (κ1) is 24.3. The van der Waals surface area contributed by atoms with Gasteiger partial charge in [-0.05, 0) is 57.3 Å². The van der Waals surface area contributed by atoms with Crippen molar-refractivity contribution < 1.29 is 14.0 Å². The van der Waals surface area contributed by atoms with Crippen molar-refractivity contribution in [1.82, 2.24) is 0 Å². The Hall–Kier alpha value is -5.48. The predicted molar refractivity (Wildman–Crippen MR) is 172 cm³/mol. The van der Waals surface area contributed by atoms with Gasteiger partial charge in [0.25, 0.3) is 0 Å². The molecule has 7 aromatic carbocycles. The van der Waals surface area contributed by atoms with Crippen LogP contribution in [0.5, 0.6) is 17.2 Å². The summed E-state index contributed by atoms with van der Waals surface area (Å²) in [6.45, 7) is 0. The van der Waals surface area contributed by atoms with Crippen LogP contribution in [0.3, 0.4) is 0 Å². The van der Waals surface area contributed by atoms with E-state index in [0.717, 1.165) is 66.4 Å². The zero-order chi connectivity index (χ0) is 27.9. The first-order chi connectivity index (χ1) is 20.8. The minimum Gasteiger partial charge on any atom is -0.490 e. The largest absolute Gasteiger partial charge is 0.864 e. The van der Waals surface area contributed by atoms with Gasteiger partial charge in [0.2, 0.25) is 0 Å². The van der Waals surface area contributed by atoms with Gasteiger partial charge in [0.15, 0.2) is 0 Å². The minimum atomic E-state index is -1.02. The van der Waals surface area contributed by atoms with Crippen LogP contribution in [0.2, 0.25) is 0 Å². The first-order valence-corrected chi connectivity index (χ1v) is 14.1. The third kappa shape index (κ3) is 4.16. The zero-order valence-electron chi connectivity index (χ0n) is 22.7. The molecule has 1 aliphatic rings. The number of para-hydroxylation sites is 1. The molecule has 0 aliphatic carbocycles. The highest BCUT2D eigenvalue weighted by molar-refractivity contribution is 6.41. The molecule has 0 atom stereocenters.